The van der Waals surface area contributed by atoms with Crippen LogP contribution in [-0.4, -0.2) is 42.0 Å². The number of methoxy groups -OCH3 is 1. The van der Waals surface area contributed by atoms with Crippen molar-refractivity contribution in [2.45, 2.75) is 40.2 Å². The molecule has 1 N–H and O–H groups in total. The second kappa shape index (κ2) is 9.25. The zero-order valence-electron chi connectivity index (χ0n) is 18.7. The third-order valence-corrected chi connectivity index (χ3v) is 5.59. The number of nitrogens with zero attached hydrogens (tertiary/aromatic N) is 1. The SMILES string of the molecule is CCCN1C(=O)C(=O)/C(=C(\O)c2ccc(C)c(C)c2)C1c1ccc(OC)c(OCC)c1. The summed E-state index contributed by atoms with van der Waals surface area (Å²) < 4.78 is 11.1. The first kappa shape index (κ1) is 22.4. The molecule has 2 aromatic rings. The highest BCUT2D eigenvalue weighted by molar-refractivity contribution is 6.46. The normalized spacial score (nSPS) is 17.8. The maximum Gasteiger partial charge on any atom is 0.295 e. The minimum atomic E-state index is -0.702. The molecule has 1 aliphatic rings. The van der Waals surface area contributed by atoms with Gasteiger partial charge in [0.25, 0.3) is 11.7 Å². The van der Waals surface area contributed by atoms with Crippen LogP contribution in [0.5, 0.6) is 11.5 Å². The number of aliphatic hydroxyl groups excluding tert-OH is 1. The molecule has 0 spiro atoms. The van der Waals surface area contributed by atoms with Gasteiger partial charge in [-0.15, -0.1) is 0 Å². The molecule has 1 heterocycles. The molecule has 1 amide bonds. The summed E-state index contributed by atoms with van der Waals surface area (Å²) in [6.07, 6.45) is 0.682. The lowest BCUT2D eigenvalue weighted by molar-refractivity contribution is -0.139. The van der Waals surface area contributed by atoms with Crippen molar-refractivity contribution in [1.29, 1.82) is 0 Å². The van der Waals surface area contributed by atoms with Crippen molar-refractivity contribution in [3.63, 3.8) is 0 Å². The highest BCUT2D eigenvalue weighted by Gasteiger charge is 2.45. The molecule has 6 nitrogen and oxygen atoms in total. The smallest absolute Gasteiger partial charge is 0.295 e. The average Bonchev–Trinajstić information content (AvgIpc) is 3.00. The van der Waals surface area contributed by atoms with Crippen molar-refractivity contribution in [3.8, 4) is 11.5 Å². The molecule has 0 aliphatic carbocycles. The van der Waals surface area contributed by atoms with Crippen LogP contribution in [0.4, 0.5) is 0 Å². The Hall–Kier alpha value is -3.28. The van der Waals surface area contributed by atoms with E-state index in [1.165, 1.54) is 4.90 Å². The van der Waals surface area contributed by atoms with Gasteiger partial charge >= 0.3 is 0 Å². The van der Waals surface area contributed by atoms with E-state index in [-0.39, 0.29) is 11.3 Å². The molecule has 164 valence electrons. The van der Waals surface area contributed by atoms with Crippen LogP contribution in [0.15, 0.2) is 42.0 Å². The van der Waals surface area contributed by atoms with Gasteiger partial charge in [0, 0.05) is 12.1 Å². The van der Waals surface area contributed by atoms with Crippen LogP contribution in [0, 0.1) is 13.8 Å². The van der Waals surface area contributed by atoms with Crippen LogP contribution < -0.4 is 9.47 Å². The lowest BCUT2D eigenvalue weighted by Crippen LogP contribution is -2.30. The molecule has 0 radical (unpaired) electrons. The highest BCUT2D eigenvalue weighted by atomic mass is 16.5. The van der Waals surface area contributed by atoms with Gasteiger partial charge in [-0.25, -0.2) is 0 Å². The second-order valence-electron chi connectivity index (χ2n) is 7.63. The molecule has 1 saturated heterocycles. The van der Waals surface area contributed by atoms with E-state index in [2.05, 4.69) is 0 Å². The first-order chi connectivity index (χ1) is 14.8. The van der Waals surface area contributed by atoms with E-state index in [0.29, 0.717) is 42.2 Å². The van der Waals surface area contributed by atoms with E-state index in [4.69, 9.17) is 9.47 Å². The number of aryl methyl sites for hydroxylation is 2. The van der Waals surface area contributed by atoms with Gasteiger partial charge in [0.1, 0.15) is 5.76 Å². The van der Waals surface area contributed by atoms with Crippen molar-refractivity contribution >= 4 is 17.4 Å². The number of ketones is 1. The molecule has 3 rings (SSSR count). The van der Waals surface area contributed by atoms with Crippen molar-refractivity contribution < 1.29 is 24.2 Å². The van der Waals surface area contributed by atoms with E-state index in [9.17, 15) is 14.7 Å². The number of amides is 1. The topological polar surface area (TPSA) is 76.1 Å². The molecule has 1 unspecified atom stereocenters. The number of ether oxygens (including phenoxy) is 2. The fourth-order valence-corrected chi connectivity index (χ4v) is 3.87. The molecule has 0 bridgehead atoms. The summed E-state index contributed by atoms with van der Waals surface area (Å²) in [5, 5.41) is 11.1. The van der Waals surface area contributed by atoms with Gasteiger partial charge in [-0.1, -0.05) is 25.1 Å². The molecule has 6 heteroatoms. The number of hydrogen-bond donors (Lipinski definition) is 1. The second-order valence-corrected chi connectivity index (χ2v) is 7.63. The van der Waals surface area contributed by atoms with Gasteiger partial charge < -0.3 is 19.5 Å². The number of likely N-dealkylation sites (tertiary alicyclic amines) is 1. The molecule has 2 aromatic carbocycles. The predicted octanol–water partition coefficient (Wildman–Crippen LogP) is 4.54. The Morgan fingerprint density at radius 2 is 1.77 bits per heavy atom. The molecule has 1 fully saturated rings. The van der Waals surface area contributed by atoms with E-state index in [0.717, 1.165) is 11.1 Å². The summed E-state index contributed by atoms with van der Waals surface area (Å²) in [4.78, 5) is 27.4. The van der Waals surface area contributed by atoms with Gasteiger partial charge in [0.05, 0.1) is 25.3 Å². The van der Waals surface area contributed by atoms with Crippen LogP contribution in [0.3, 0.4) is 0 Å². The number of aliphatic hydroxyl groups is 1. The third-order valence-electron chi connectivity index (χ3n) is 5.59. The van der Waals surface area contributed by atoms with E-state index < -0.39 is 17.7 Å². The van der Waals surface area contributed by atoms with E-state index in [1.54, 1.807) is 31.4 Å². The molecule has 1 atom stereocenters. The Labute approximate surface area is 183 Å². The van der Waals surface area contributed by atoms with Crippen LogP contribution in [0.25, 0.3) is 5.76 Å². The monoisotopic (exact) mass is 423 g/mol. The molecule has 1 aliphatic heterocycles. The van der Waals surface area contributed by atoms with Gasteiger partial charge in [-0.3, -0.25) is 9.59 Å². The Morgan fingerprint density at radius 3 is 2.39 bits per heavy atom. The van der Waals surface area contributed by atoms with Crippen LogP contribution >= 0.6 is 0 Å². The minimum absolute atomic E-state index is 0.0920. The Balaban J connectivity index is 2.21. The van der Waals surface area contributed by atoms with E-state index in [1.807, 2.05) is 39.8 Å². The first-order valence-corrected chi connectivity index (χ1v) is 10.5. The highest BCUT2D eigenvalue weighted by Crippen LogP contribution is 2.42. The van der Waals surface area contributed by atoms with Gasteiger partial charge in [-0.2, -0.15) is 0 Å². The number of benzene rings is 2. The lowest BCUT2D eigenvalue weighted by atomic mass is 9.94. The molecule has 31 heavy (non-hydrogen) atoms. The van der Waals surface area contributed by atoms with Crippen molar-refractivity contribution in [2.24, 2.45) is 0 Å². The first-order valence-electron chi connectivity index (χ1n) is 10.5. The molecular formula is C25H29NO5. The zero-order chi connectivity index (χ0) is 22.7. The summed E-state index contributed by atoms with van der Waals surface area (Å²) in [7, 11) is 1.56. The summed E-state index contributed by atoms with van der Waals surface area (Å²) in [6, 6.07) is 10.1. The number of Topliss-reactive ketones (excluding diaryl/α,β-unsaturated/α-hetero) is 1. The third kappa shape index (κ3) is 4.15. The largest absolute Gasteiger partial charge is 0.507 e. The van der Waals surface area contributed by atoms with Gasteiger partial charge in [0.2, 0.25) is 0 Å². The summed E-state index contributed by atoms with van der Waals surface area (Å²) in [6.45, 7) is 8.57. The van der Waals surface area contributed by atoms with Crippen LogP contribution in [0.2, 0.25) is 0 Å². The Bertz CT molecular complexity index is 1040. The number of hydrogen-bond acceptors (Lipinski definition) is 5. The minimum Gasteiger partial charge on any atom is -0.507 e. The lowest BCUT2D eigenvalue weighted by Gasteiger charge is -2.25. The standard InChI is InChI=1S/C25H29NO5/c1-6-12-26-22(17-10-11-19(30-5)20(14-17)31-7-2)21(24(28)25(26)29)23(27)18-9-8-15(3)16(4)13-18/h8-11,13-14,22,27H,6-7,12H2,1-5H3/b23-21-. The quantitative estimate of drug-likeness (QED) is 0.402. The average molecular weight is 424 g/mol. The van der Waals surface area contributed by atoms with Gasteiger partial charge in [0.15, 0.2) is 11.5 Å². The Morgan fingerprint density at radius 1 is 1.03 bits per heavy atom. The number of rotatable bonds is 7. The number of carbonyl (C=O) groups excluding carboxylic acids is 2. The van der Waals surface area contributed by atoms with E-state index >= 15 is 0 Å². The van der Waals surface area contributed by atoms with Gasteiger partial charge in [-0.05, 0) is 62.1 Å². The zero-order valence-corrected chi connectivity index (χ0v) is 18.7. The van der Waals surface area contributed by atoms with Crippen molar-refractivity contribution in [1.82, 2.24) is 4.90 Å². The van der Waals surface area contributed by atoms with Crippen molar-refractivity contribution in [3.05, 3.63) is 64.2 Å². The van der Waals surface area contributed by atoms with Crippen LogP contribution in [-0.2, 0) is 9.59 Å². The molecular weight excluding hydrogens is 394 g/mol. The van der Waals surface area contributed by atoms with Crippen LogP contribution in [0.1, 0.15) is 48.6 Å². The molecule has 0 saturated carbocycles. The van der Waals surface area contributed by atoms with Crippen molar-refractivity contribution in [2.75, 3.05) is 20.3 Å². The summed E-state index contributed by atoms with van der Waals surface area (Å²) in [5.74, 6) is -0.365. The number of carbonyl (C=O) groups is 2. The predicted molar refractivity (Wildman–Crippen MR) is 119 cm³/mol. The maximum atomic E-state index is 13.0. The summed E-state index contributed by atoms with van der Waals surface area (Å²) in [5.41, 5.74) is 3.36. The summed E-state index contributed by atoms with van der Waals surface area (Å²) >= 11 is 0. The maximum absolute atomic E-state index is 13.0. The fourth-order valence-electron chi connectivity index (χ4n) is 3.87. The molecule has 0 aromatic heterocycles. The fraction of sp³-hybridized carbons (Fsp3) is 0.360. The Kier molecular flexibility index (Phi) is 6.68.